The molecule has 2 rings (SSSR count). The molecule has 1 unspecified atom stereocenters. The monoisotopic (exact) mass is 361 g/mol. The normalized spacial score (nSPS) is 12.0. The number of aliphatic hydroxyl groups is 2. The molecule has 0 aliphatic heterocycles. The number of aliphatic hydroxyl groups excluding tert-OH is 2. The standard InChI is InChI=1S/C19H23NO6/c1-11(2)10-25-14-4-5-15-12(3)16(19(24)26-17(15)6-14)7-18(23)20-8-13(22)9-21/h4-6,13,21-22H,1,7-10H2,2-3H3,(H,20,23). The van der Waals surface area contributed by atoms with Crippen molar-refractivity contribution < 1.29 is 24.2 Å². The number of carbonyl (C=O) groups excluding carboxylic acids is 1. The molecule has 0 aliphatic rings. The molecule has 7 nitrogen and oxygen atoms in total. The molecular formula is C19H23NO6. The van der Waals surface area contributed by atoms with Crippen LogP contribution in [-0.2, 0) is 11.2 Å². The smallest absolute Gasteiger partial charge is 0.340 e. The molecule has 0 saturated heterocycles. The first-order chi connectivity index (χ1) is 12.3. The maximum absolute atomic E-state index is 12.3. The second-order valence-electron chi connectivity index (χ2n) is 6.21. The predicted octanol–water partition coefficient (Wildman–Crippen LogP) is 1.07. The van der Waals surface area contributed by atoms with Crippen LogP contribution in [0.4, 0.5) is 0 Å². The van der Waals surface area contributed by atoms with Crippen LogP contribution in [0.25, 0.3) is 11.0 Å². The van der Waals surface area contributed by atoms with Gasteiger partial charge in [-0.15, -0.1) is 0 Å². The molecule has 1 heterocycles. The summed E-state index contributed by atoms with van der Waals surface area (Å²) in [5.74, 6) is 0.125. The number of ether oxygens (including phenoxy) is 1. The maximum atomic E-state index is 12.3. The molecule has 7 heteroatoms. The summed E-state index contributed by atoms with van der Waals surface area (Å²) in [6.07, 6.45) is -1.21. The molecular weight excluding hydrogens is 338 g/mol. The highest BCUT2D eigenvalue weighted by molar-refractivity contribution is 5.85. The van der Waals surface area contributed by atoms with Crippen LogP contribution in [0.15, 0.2) is 39.6 Å². The van der Waals surface area contributed by atoms with Gasteiger partial charge in [-0.2, -0.15) is 0 Å². The van der Waals surface area contributed by atoms with Gasteiger partial charge in [0.1, 0.15) is 17.9 Å². The van der Waals surface area contributed by atoms with E-state index in [4.69, 9.17) is 14.3 Å². The van der Waals surface area contributed by atoms with Crippen LogP contribution in [0.2, 0.25) is 0 Å². The Bertz CT molecular complexity index is 870. The van der Waals surface area contributed by atoms with Gasteiger partial charge in [-0.3, -0.25) is 4.79 Å². The highest BCUT2D eigenvalue weighted by Crippen LogP contribution is 2.24. The molecule has 0 fully saturated rings. The average molecular weight is 361 g/mol. The second-order valence-corrected chi connectivity index (χ2v) is 6.21. The number of amides is 1. The van der Waals surface area contributed by atoms with Gasteiger partial charge in [-0.05, 0) is 37.1 Å². The largest absolute Gasteiger partial charge is 0.489 e. The highest BCUT2D eigenvalue weighted by Gasteiger charge is 2.16. The van der Waals surface area contributed by atoms with Gasteiger partial charge in [0.2, 0.25) is 5.91 Å². The first-order valence-corrected chi connectivity index (χ1v) is 8.21. The van der Waals surface area contributed by atoms with Gasteiger partial charge < -0.3 is 24.7 Å². The van der Waals surface area contributed by atoms with Crippen molar-refractivity contribution in [2.24, 2.45) is 0 Å². The quantitative estimate of drug-likeness (QED) is 0.479. The van der Waals surface area contributed by atoms with E-state index < -0.39 is 24.2 Å². The van der Waals surface area contributed by atoms with E-state index in [1.807, 2.05) is 6.92 Å². The lowest BCUT2D eigenvalue weighted by Crippen LogP contribution is -2.35. The lowest BCUT2D eigenvalue weighted by atomic mass is 10.0. The fourth-order valence-electron chi connectivity index (χ4n) is 2.39. The van der Waals surface area contributed by atoms with Gasteiger partial charge >= 0.3 is 5.63 Å². The molecule has 1 aromatic heterocycles. The first kappa shape index (κ1) is 19.7. The fourth-order valence-corrected chi connectivity index (χ4v) is 2.39. The molecule has 0 radical (unpaired) electrons. The summed E-state index contributed by atoms with van der Waals surface area (Å²) in [7, 11) is 0. The van der Waals surface area contributed by atoms with Gasteiger partial charge in [0.05, 0.1) is 24.7 Å². The van der Waals surface area contributed by atoms with E-state index in [-0.39, 0.29) is 18.5 Å². The second kappa shape index (κ2) is 8.64. The Morgan fingerprint density at radius 3 is 2.81 bits per heavy atom. The van der Waals surface area contributed by atoms with Crippen LogP contribution in [0.3, 0.4) is 0 Å². The summed E-state index contributed by atoms with van der Waals surface area (Å²) in [5, 5.41) is 21.2. The van der Waals surface area contributed by atoms with Crippen molar-refractivity contribution in [2.75, 3.05) is 19.8 Å². The lowest BCUT2D eigenvalue weighted by molar-refractivity contribution is -0.121. The molecule has 1 amide bonds. The van der Waals surface area contributed by atoms with Crippen molar-refractivity contribution in [1.29, 1.82) is 0 Å². The number of hydrogen-bond acceptors (Lipinski definition) is 6. The Balaban J connectivity index is 2.23. The molecule has 0 bridgehead atoms. The SMILES string of the molecule is C=C(C)COc1ccc2c(C)c(CC(=O)NCC(O)CO)c(=O)oc2c1. The minimum Gasteiger partial charge on any atom is -0.489 e. The van der Waals surface area contributed by atoms with Gasteiger partial charge in [0, 0.05) is 18.0 Å². The van der Waals surface area contributed by atoms with Gasteiger partial charge in [-0.25, -0.2) is 4.79 Å². The molecule has 2 aromatic rings. The van der Waals surface area contributed by atoms with Crippen molar-refractivity contribution >= 4 is 16.9 Å². The minimum atomic E-state index is -1.04. The lowest BCUT2D eigenvalue weighted by Gasteiger charge is -2.11. The number of rotatable bonds is 8. The predicted molar refractivity (Wildman–Crippen MR) is 97.3 cm³/mol. The summed E-state index contributed by atoms with van der Waals surface area (Å²) in [4.78, 5) is 24.2. The van der Waals surface area contributed by atoms with Crippen LogP contribution < -0.4 is 15.7 Å². The average Bonchev–Trinajstić information content (AvgIpc) is 2.61. The number of aryl methyl sites for hydroxylation is 1. The van der Waals surface area contributed by atoms with Crippen molar-refractivity contribution in [3.8, 4) is 5.75 Å². The van der Waals surface area contributed by atoms with E-state index in [0.717, 1.165) is 5.57 Å². The van der Waals surface area contributed by atoms with Gasteiger partial charge in [0.15, 0.2) is 0 Å². The van der Waals surface area contributed by atoms with Crippen LogP contribution in [0, 0.1) is 6.92 Å². The molecule has 3 N–H and O–H groups in total. The van der Waals surface area contributed by atoms with Crippen molar-refractivity contribution in [3.05, 3.63) is 51.9 Å². The zero-order valence-corrected chi connectivity index (χ0v) is 14.9. The third-order valence-electron chi connectivity index (χ3n) is 3.83. The van der Waals surface area contributed by atoms with E-state index in [9.17, 15) is 14.7 Å². The number of fused-ring (bicyclic) bond motifs is 1. The maximum Gasteiger partial charge on any atom is 0.340 e. The Morgan fingerprint density at radius 1 is 1.42 bits per heavy atom. The Labute approximate surface area is 150 Å². The number of nitrogens with one attached hydrogen (secondary N) is 1. The number of benzene rings is 1. The first-order valence-electron chi connectivity index (χ1n) is 8.21. The Morgan fingerprint density at radius 2 is 2.15 bits per heavy atom. The summed E-state index contributed by atoms with van der Waals surface area (Å²) in [6.45, 7) is 7.19. The number of hydrogen-bond donors (Lipinski definition) is 3. The molecule has 0 spiro atoms. The topological polar surface area (TPSA) is 109 Å². The number of carbonyl (C=O) groups is 1. The van der Waals surface area contributed by atoms with Gasteiger partial charge in [-0.1, -0.05) is 6.58 Å². The third-order valence-corrected chi connectivity index (χ3v) is 3.83. The molecule has 1 aromatic carbocycles. The molecule has 140 valence electrons. The summed E-state index contributed by atoms with van der Waals surface area (Å²) >= 11 is 0. The van der Waals surface area contributed by atoms with Crippen molar-refractivity contribution in [1.82, 2.24) is 5.32 Å². The Kier molecular flexibility index (Phi) is 6.54. The Hall–Kier alpha value is -2.64. The van der Waals surface area contributed by atoms with Crippen molar-refractivity contribution in [3.63, 3.8) is 0 Å². The minimum absolute atomic E-state index is 0.0866. The summed E-state index contributed by atoms with van der Waals surface area (Å²) in [6, 6.07) is 5.17. The van der Waals surface area contributed by atoms with E-state index in [1.165, 1.54) is 0 Å². The van der Waals surface area contributed by atoms with Gasteiger partial charge in [0.25, 0.3) is 0 Å². The third kappa shape index (κ3) is 4.93. The molecule has 26 heavy (non-hydrogen) atoms. The van der Waals surface area contributed by atoms with Crippen LogP contribution in [-0.4, -0.2) is 42.0 Å². The summed E-state index contributed by atoms with van der Waals surface area (Å²) in [5.41, 5.74) is 1.57. The van der Waals surface area contributed by atoms with Crippen LogP contribution in [0.5, 0.6) is 5.75 Å². The van der Waals surface area contributed by atoms with Crippen molar-refractivity contribution in [2.45, 2.75) is 26.4 Å². The molecule has 0 saturated carbocycles. The summed E-state index contributed by atoms with van der Waals surface area (Å²) < 4.78 is 10.9. The zero-order valence-electron chi connectivity index (χ0n) is 14.9. The van der Waals surface area contributed by atoms with E-state index in [1.54, 1.807) is 25.1 Å². The van der Waals surface area contributed by atoms with Crippen LogP contribution in [0.1, 0.15) is 18.1 Å². The van der Waals surface area contributed by atoms with E-state index in [2.05, 4.69) is 11.9 Å². The molecule has 0 aliphatic carbocycles. The van der Waals surface area contributed by atoms with E-state index >= 15 is 0 Å². The highest BCUT2D eigenvalue weighted by atomic mass is 16.5. The van der Waals surface area contributed by atoms with E-state index in [0.29, 0.717) is 28.9 Å². The van der Waals surface area contributed by atoms with Crippen LogP contribution >= 0.6 is 0 Å². The fraction of sp³-hybridized carbons (Fsp3) is 0.368. The molecule has 1 atom stereocenters. The zero-order chi connectivity index (χ0) is 19.3.